The van der Waals surface area contributed by atoms with E-state index in [1.165, 1.54) is 0 Å². The highest BCUT2D eigenvalue weighted by atomic mass is 32.2. The van der Waals surface area contributed by atoms with Crippen LogP contribution in [0.3, 0.4) is 0 Å². The molecule has 0 aliphatic carbocycles. The fourth-order valence-corrected chi connectivity index (χ4v) is 3.20. The van der Waals surface area contributed by atoms with Crippen LogP contribution in [0.4, 0.5) is 4.79 Å². The fourth-order valence-electron chi connectivity index (χ4n) is 2.54. The number of hydrogen-bond donors (Lipinski definition) is 1. The van der Waals surface area contributed by atoms with Crippen molar-refractivity contribution in [2.45, 2.75) is 64.2 Å². The second kappa shape index (κ2) is 8.34. The maximum absolute atomic E-state index is 12.1. The van der Waals surface area contributed by atoms with E-state index in [0.29, 0.717) is 12.2 Å². The number of amides is 1. The van der Waals surface area contributed by atoms with E-state index in [0.717, 1.165) is 25.7 Å². The summed E-state index contributed by atoms with van der Waals surface area (Å²) in [5.41, 5.74) is -0.675. The van der Waals surface area contributed by atoms with Crippen LogP contribution in [0.5, 0.6) is 0 Å². The zero-order valence-corrected chi connectivity index (χ0v) is 16.5. The molecule has 1 aliphatic heterocycles. The number of aromatic nitrogens is 2. The largest absolute Gasteiger partial charge is 0.444 e. The molecular formula is C16H27N3O6S. The molecule has 0 radical (unpaired) electrons. The van der Waals surface area contributed by atoms with E-state index in [2.05, 4.69) is 15.5 Å². The lowest BCUT2D eigenvalue weighted by molar-refractivity contribution is 0.0492. The van der Waals surface area contributed by atoms with Gasteiger partial charge < -0.3 is 19.3 Å². The predicted octanol–water partition coefficient (Wildman–Crippen LogP) is 1.79. The zero-order chi connectivity index (χ0) is 19.4. The zero-order valence-electron chi connectivity index (χ0n) is 15.6. The molecule has 1 N–H and O–H groups in total. The van der Waals surface area contributed by atoms with E-state index < -0.39 is 27.6 Å². The van der Waals surface area contributed by atoms with Crippen molar-refractivity contribution in [1.29, 1.82) is 0 Å². The molecule has 148 valence electrons. The van der Waals surface area contributed by atoms with Crippen LogP contribution in [-0.2, 0) is 25.7 Å². The Morgan fingerprint density at radius 2 is 2.15 bits per heavy atom. The third kappa shape index (κ3) is 7.28. The van der Waals surface area contributed by atoms with Crippen LogP contribution in [0.2, 0.25) is 0 Å². The van der Waals surface area contributed by atoms with E-state index in [9.17, 15) is 13.2 Å². The standard InChI is InChI=1S/C16H27N3O6S/c1-16(2,3)24-15(20)17-12(7-9-26(4,21)22)14-18-13(19-25-14)10-11-6-5-8-23-11/h11-12H,5-10H2,1-4H3,(H,17,20)/t11-,12-/m0/s1. The Morgan fingerprint density at radius 1 is 1.42 bits per heavy atom. The number of carbonyl (C=O) groups excluding carboxylic acids is 1. The van der Waals surface area contributed by atoms with E-state index in [-0.39, 0.29) is 24.2 Å². The number of hydrogen-bond acceptors (Lipinski definition) is 8. The molecule has 26 heavy (non-hydrogen) atoms. The first kappa shape index (κ1) is 20.6. The van der Waals surface area contributed by atoms with Gasteiger partial charge in [0.25, 0.3) is 0 Å². The molecule has 1 saturated heterocycles. The highest BCUT2D eigenvalue weighted by molar-refractivity contribution is 7.90. The normalized spacial score (nSPS) is 19.3. The Bertz CT molecular complexity index is 704. The maximum Gasteiger partial charge on any atom is 0.408 e. The van der Waals surface area contributed by atoms with Gasteiger partial charge in [0.1, 0.15) is 21.5 Å². The molecule has 2 heterocycles. The third-order valence-electron chi connectivity index (χ3n) is 3.68. The average molecular weight is 389 g/mol. The predicted molar refractivity (Wildman–Crippen MR) is 93.4 cm³/mol. The second-order valence-electron chi connectivity index (χ2n) is 7.51. The van der Waals surface area contributed by atoms with Gasteiger partial charge in [-0.15, -0.1) is 0 Å². The number of rotatable bonds is 7. The van der Waals surface area contributed by atoms with Crippen molar-refractivity contribution in [2.75, 3.05) is 18.6 Å². The Labute approximate surface area is 153 Å². The van der Waals surface area contributed by atoms with Crippen molar-refractivity contribution < 1.29 is 27.2 Å². The number of alkyl carbamates (subject to hydrolysis) is 1. The molecule has 1 aromatic heterocycles. The number of ether oxygens (including phenoxy) is 2. The average Bonchev–Trinajstić information content (AvgIpc) is 3.13. The first-order valence-electron chi connectivity index (χ1n) is 8.63. The molecule has 0 aromatic carbocycles. The minimum Gasteiger partial charge on any atom is -0.444 e. The van der Waals surface area contributed by atoms with Gasteiger partial charge in [0.2, 0.25) is 5.89 Å². The monoisotopic (exact) mass is 389 g/mol. The van der Waals surface area contributed by atoms with Gasteiger partial charge in [0, 0.05) is 19.3 Å². The molecule has 9 nitrogen and oxygen atoms in total. The molecule has 0 unspecified atom stereocenters. The van der Waals surface area contributed by atoms with E-state index >= 15 is 0 Å². The van der Waals surface area contributed by atoms with E-state index in [1.54, 1.807) is 20.8 Å². The summed E-state index contributed by atoms with van der Waals surface area (Å²) >= 11 is 0. The van der Waals surface area contributed by atoms with Crippen LogP contribution < -0.4 is 5.32 Å². The molecule has 10 heteroatoms. The first-order valence-corrected chi connectivity index (χ1v) is 10.7. The molecule has 0 saturated carbocycles. The topological polar surface area (TPSA) is 121 Å². The van der Waals surface area contributed by atoms with Crippen LogP contribution in [-0.4, -0.2) is 55.0 Å². The Hall–Kier alpha value is -1.68. The summed E-state index contributed by atoms with van der Waals surface area (Å²) in [6.45, 7) is 5.95. The lowest BCUT2D eigenvalue weighted by Crippen LogP contribution is -2.35. The molecule has 1 fully saturated rings. The Kier molecular flexibility index (Phi) is 6.62. The maximum atomic E-state index is 12.1. The van der Waals surface area contributed by atoms with Crippen LogP contribution >= 0.6 is 0 Å². The van der Waals surface area contributed by atoms with E-state index in [1.807, 2.05) is 0 Å². The highest BCUT2D eigenvalue weighted by Crippen LogP contribution is 2.20. The highest BCUT2D eigenvalue weighted by Gasteiger charge is 2.27. The lowest BCUT2D eigenvalue weighted by Gasteiger charge is -2.22. The van der Waals surface area contributed by atoms with Crippen molar-refractivity contribution >= 4 is 15.9 Å². The van der Waals surface area contributed by atoms with Gasteiger partial charge in [-0.1, -0.05) is 5.16 Å². The summed E-state index contributed by atoms with van der Waals surface area (Å²) in [6, 6.07) is -0.745. The van der Waals surface area contributed by atoms with Crippen LogP contribution in [0, 0.1) is 0 Å². The summed E-state index contributed by atoms with van der Waals surface area (Å²) in [6.07, 6.45) is 3.11. The minimum absolute atomic E-state index is 0.0636. The van der Waals surface area contributed by atoms with Gasteiger partial charge in [-0.05, 0) is 40.0 Å². The SMILES string of the molecule is CC(C)(C)OC(=O)N[C@@H](CCS(C)(=O)=O)c1nc(C[C@@H]2CCCO2)no1. The molecule has 1 amide bonds. The summed E-state index contributed by atoms with van der Waals surface area (Å²) in [5, 5.41) is 6.54. The third-order valence-corrected chi connectivity index (χ3v) is 4.66. The number of sulfone groups is 1. The van der Waals surface area contributed by atoms with Gasteiger partial charge in [-0.3, -0.25) is 0 Å². The number of nitrogens with one attached hydrogen (secondary N) is 1. The van der Waals surface area contributed by atoms with Crippen LogP contribution in [0.1, 0.15) is 57.8 Å². The van der Waals surface area contributed by atoms with Gasteiger partial charge in [0.05, 0.1) is 11.9 Å². The molecule has 1 aliphatic rings. The summed E-state index contributed by atoms with van der Waals surface area (Å²) in [5.74, 6) is 0.506. The van der Waals surface area contributed by atoms with Gasteiger partial charge in [0.15, 0.2) is 5.82 Å². The molecular weight excluding hydrogens is 362 g/mol. The smallest absolute Gasteiger partial charge is 0.408 e. The minimum atomic E-state index is -3.21. The number of carbonyl (C=O) groups is 1. The molecule has 0 bridgehead atoms. The summed E-state index contributed by atoms with van der Waals surface area (Å²) < 4.78 is 39.0. The summed E-state index contributed by atoms with van der Waals surface area (Å²) in [4.78, 5) is 16.4. The Morgan fingerprint density at radius 3 is 2.73 bits per heavy atom. The van der Waals surface area contributed by atoms with Crippen molar-refractivity contribution in [3.05, 3.63) is 11.7 Å². The molecule has 1 aromatic rings. The quantitative estimate of drug-likeness (QED) is 0.749. The van der Waals surface area contributed by atoms with Gasteiger partial charge in [-0.2, -0.15) is 4.98 Å². The Balaban J connectivity index is 2.06. The molecule has 2 atom stereocenters. The molecule has 2 rings (SSSR count). The molecule has 0 spiro atoms. The van der Waals surface area contributed by atoms with Crippen molar-refractivity contribution in [2.24, 2.45) is 0 Å². The first-order chi connectivity index (χ1) is 12.0. The van der Waals surface area contributed by atoms with Gasteiger partial charge in [-0.25, -0.2) is 13.2 Å². The number of nitrogens with zero attached hydrogens (tertiary/aromatic N) is 2. The van der Waals surface area contributed by atoms with E-state index in [4.69, 9.17) is 14.0 Å². The lowest BCUT2D eigenvalue weighted by atomic mass is 10.2. The van der Waals surface area contributed by atoms with Crippen molar-refractivity contribution in [3.63, 3.8) is 0 Å². The summed E-state index contributed by atoms with van der Waals surface area (Å²) in [7, 11) is -3.21. The van der Waals surface area contributed by atoms with Crippen LogP contribution in [0.25, 0.3) is 0 Å². The fraction of sp³-hybridized carbons (Fsp3) is 0.812. The van der Waals surface area contributed by atoms with Crippen molar-refractivity contribution in [3.8, 4) is 0 Å². The van der Waals surface area contributed by atoms with Crippen LogP contribution in [0.15, 0.2) is 4.52 Å². The second-order valence-corrected chi connectivity index (χ2v) is 9.77. The van der Waals surface area contributed by atoms with Crippen molar-refractivity contribution in [1.82, 2.24) is 15.5 Å². The van der Waals surface area contributed by atoms with Gasteiger partial charge >= 0.3 is 6.09 Å².